The number of nitrogens with one attached hydrogen (secondary N) is 1. The van der Waals surface area contributed by atoms with Gasteiger partial charge in [0.1, 0.15) is 11.3 Å². The van der Waals surface area contributed by atoms with Crippen LogP contribution in [0.25, 0.3) is 21.3 Å². The molecule has 0 spiro atoms. The number of pyridine rings is 1. The van der Waals surface area contributed by atoms with Crippen molar-refractivity contribution in [1.29, 1.82) is 0 Å². The average Bonchev–Trinajstić information content (AvgIpc) is 3.27. The van der Waals surface area contributed by atoms with Gasteiger partial charge in [-0.3, -0.25) is 15.1 Å². The van der Waals surface area contributed by atoms with E-state index in [1.54, 1.807) is 19.5 Å². The lowest BCUT2D eigenvalue weighted by molar-refractivity contribution is 0.103. The van der Waals surface area contributed by atoms with Crippen molar-refractivity contribution in [3.8, 4) is 16.9 Å². The molecular weight excluding hydrogens is 366 g/mol. The highest BCUT2D eigenvalue weighted by Crippen LogP contribution is 2.39. The number of thiazole rings is 1. The van der Waals surface area contributed by atoms with E-state index in [9.17, 15) is 4.79 Å². The van der Waals surface area contributed by atoms with Gasteiger partial charge in [-0.1, -0.05) is 11.3 Å². The van der Waals surface area contributed by atoms with Crippen LogP contribution in [-0.4, -0.2) is 23.0 Å². The molecule has 7 heteroatoms. The highest BCUT2D eigenvalue weighted by molar-refractivity contribution is 7.23. The maximum atomic E-state index is 12.4. The Hall–Kier alpha value is -2.77. The summed E-state index contributed by atoms with van der Waals surface area (Å²) in [6.45, 7) is 1.98. The minimum Gasteiger partial charge on any atom is -0.494 e. The van der Waals surface area contributed by atoms with Crippen molar-refractivity contribution in [2.24, 2.45) is 0 Å². The number of thiophene rings is 1. The smallest absolute Gasteiger partial charge is 0.267 e. The van der Waals surface area contributed by atoms with Gasteiger partial charge in [0.2, 0.25) is 0 Å². The van der Waals surface area contributed by atoms with Crippen molar-refractivity contribution in [3.63, 3.8) is 0 Å². The lowest BCUT2D eigenvalue weighted by atomic mass is 10.1. The molecule has 4 aromatic rings. The number of fused-ring (bicyclic) bond motifs is 1. The molecule has 0 aliphatic rings. The predicted molar refractivity (Wildman–Crippen MR) is 106 cm³/mol. The van der Waals surface area contributed by atoms with Crippen molar-refractivity contribution in [1.82, 2.24) is 9.97 Å². The molecule has 3 heterocycles. The Kier molecular flexibility index (Phi) is 4.40. The van der Waals surface area contributed by atoms with Crippen LogP contribution in [0.1, 0.15) is 14.5 Å². The molecule has 0 bridgehead atoms. The van der Waals surface area contributed by atoms with E-state index in [0.717, 1.165) is 26.2 Å². The summed E-state index contributed by atoms with van der Waals surface area (Å²) in [5, 5.41) is 3.45. The molecule has 0 saturated carbocycles. The number of rotatable bonds is 4. The molecule has 0 atom stereocenters. The summed E-state index contributed by atoms with van der Waals surface area (Å²) in [5.41, 5.74) is 2.82. The van der Waals surface area contributed by atoms with Gasteiger partial charge < -0.3 is 4.74 Å². The van der Waals surface area contributed by atoms with Crippen LogP contribution in [0.4, 0.5) is 5.13 Å². The number of carbonyl (C=O) groups is 1. The first-order chi connectivity index (χ1) is 12.7. The Morgan fingerprint density at radius 3 is 2.58 bits per heavy atom. The average molecular weight is 381 g/mol. The minimum atomic E-state index is -0.147. The maximum Gasteiger partial charge on any atom is 0.267 e. The fourth-order valence-corrected chi connectivity index (χ4v) is 4.45. The number of benzene rings is 1. The number of methoxy groups -OCH3 is 1. The molecule has 1 amide bonds. The van der Waals surface area contributed by atoms with E-state index in [1.807, 2.05) is 43.3 Å². The van der Waals surface area contributed by atoms with Gasteiger partial charge in [-0.2, -0.15) is 0 Å². The molecule has 1 N–H and O–H groups in total. The number of anilines is 1. The monoisotopic (exact) mass is 381 g/mol. The van der Waals surface area contributed by atoms with Crippen molar-refractivity contribution in [2.75, 3.05) is 12.4 Å². The Morgan fingerprint density at radius 2 is 1.88 bits per heavy atom. The molecule has 0 fully saturated rings. The zero-order valence-corrected chi connectivity index (χ0v) is 15.8. The van der Waals surface area contributed by atoms with E-state index in [0.29, 0.717) is 15.8 Å². The first-order valence-corrected chi connectivity index (χ1v) is 9.54. The third kappa shape index (κ3) is 3.07. The number of amides is 1. The second-order valence-electron chi connectivity index (χ2n) is 5.61. The molecule has 0 aliphatic carbocycles. The quantitative estimate of drug-likeness (QED) is 0.541. The Bertz CT molecular complexity index is 1090. The van der Waals surface area contributed by atoms with Crippen LogP contribution in [0.3, 0.4) is 0 Å². The minimum absolute atomic E-state index is 0.147. The Balaban J connectivity index is 1.76. The second kappa shape index (κ2) is 6.86. The topological polar surface area (TPSA) is 64.1 Å². The number of aromatic nitrogens is 2. The number of hydrogen-bond donors (Lipinski definition) is 1. The van der Waals surface area contributed by atoms with E-state index in [1.165, 1.54) is 22.7 Å². The van der Waals surface area contributed by atoms with E-state index in [-0.39, 0.29) is 5.91 Å². The van der Waals surface area contributed by atoms with Crippen LogP contribution in [0.5, 0.6) is 5.75 Å². The molecule has 0 aliphatic heterocycles. The van der Waals surface area contributed by atoms with Gasteiger partial charge in [-0.25, -0.2) is 4.98 Å². The van der Waals surface area contributed by atoms with Gasteiger partial charge >= 0.3 is 0 Å². The fourth-order valence-electron chi connectivity index (χ4n) is 2.68. The van der Waals surface area contributed by atoms with E-state index in [4.69, 9.17) is 4.74 Å². The Labute approximate surface area is 158 Å². The van der Waals surface area contributed by atoms with Crippen LogP contribution in [-0.2, 0) is 0 Å². The first-order valence-electron chi connectivity index (χ1n) is 7.91. The highest BCUT2D eigenvalue weighted by Gasteiger charge is 2.16. The molecule has 0 radical (unpaired) electrons. The van der Waals surface area contributed by atoms with Gasteiger partial charge in [-0.15, -0.1) is 11.3 Å². The lowest BCUT2D eigenvalue weighted by Crippen LogP contribution is -2.09. The molecule has 0 saturated heterocycles. The highest BCUT2D eigenvalue weighted by atomic mass is 32.1. The molecular formula is C19H15N3O2S2. The maximum absolute atomic E-state index is 12.4. The van der Waals surface area contributed by atoms with Gasteiger partial charge in [0.15, 0.2) is 5.13 Å². The van der Waals surface area contributed by atoms with E-state index < -0.39 is 0 Å². The fraction of sp³-hybridized carbons (Fsp3) is 0.105. The third-order valence-corrected chi connectivity index (χ3v) is 5.91. The number of carbonyl (C=O) groups excluding carboxylic acids is 1. The molecule has 4 rings (SSSR count). The summed E-state index contributed by atoms with van der Waals surface area (Å²) < 4.78 is 6.41. The number of ether oxygens (including phenoxy) is 1. The molecule has 1 aromatic carbocycles. The van der Waals surface area contributed by atoms with Crippen LogP contribution >= 0.6 is 22.7 Å². The summed E-state index contributed by atoms with van der Waals surface area (Å²) in [4.78, 5) is 22.9. The van der Waals surface area contributed by atoms with Crippen molar-refractivity contribution < 1.29 is 9.53 Å². The van der Waals surface area contributed by atoms with Crippen molar-refractivity contribution in [3.05, 3.63) is 58.5 Å². The normalized spacial score (nSPS) is 10.8. The molecule has 3 aromatic heterocycles. The van der Waals surface area contributed by atoms with E-state index in [2.05, 4.69) is 15.3 Å². The van der Waals surface area contributed by atoms with E-state index >= 15 is 0 Å². The molecule has 5 nitrogen and oxygen atoms in total. The van der Waals surface area contributed by atoms with Crippen LogP contribution in [0.2, 0.25) is 0 Å². The van der Waals surface area contributed by atoms with Crippen LogP contribution in [0, 0.1) is 6.92 Å². The van der Waals surface area contributed by atoms with Crippen LogP contribution < -0.4 is 10.1 Å². The summed E-state index contributed by atoms with van der Waals surface area (Å²) >= 11 is 2.90. The van der Waals surface area contributed by atoms with Crippen molar-refractivity contribution >= 4 is 43.9 Å². The van der Waals surface area contributed by atoms with Crippen LogP contribution in [0.15, 0.2) is 48.8 Å². The standard InChI is InChI=1S/C19H15N3O2S2/c1-11-3-6-15(25-11)18(23)22-19-21-16-14(24-2)5-4-13(17(16)26-19)12-7-9-20-10-8-12/h3-10H,1-2H3,(H,21,22,23). The summed E-state index contributed by atoms with van der Waals surface area (Å²) in [5.74, 6) is 0.535. The van der Waals surface area contributed by atoms with Gasteiger partial charge in [0.05, 0.1) is 16.7 Å². The largest absolute Gasteiger partial charge is 0.494 e. The summed E-state index contributed by atoms with van der Waals surface area (Å²) in [6.07, 6.45) is 3.52. The van der Waals surface area contributed by atoms with Gasteiger partial charge in [0.25, 0.3) is 5.91 Å². The lowest BCUT2D eigenvalue weighted by Gasteiger charge is -2.05. The number of hydrogen-bond acceptors (Lipinski definition) is 6. The second-order valence-corrected chi connectivity index (χ2v) is 7.90. The number of nitrogens with zero attached hydrogens (tertiary/aromatic N) is 2. The van der Waals surface area contributed by atoms with Gasteiger partial charge in [0, 0.05) is 22.8 Å². The molecule has 130 valence electrons. The van der Waals surface area contributed by atoms with Gasteiger partial charge in [-0.05, 0) is 48.9 Å². The zero-order valence-electron chi connectivity index (χ0n) is 14.1. The summed E-state index contributed by atoms with van der Waals surface area (Å²) in [7, 11) is 1.62. The predicted octanol–water partition coefficient (Wildman–Crippen LogP) is 4.99. The summed E-state index contributed by atoms with van der Waals surface area (Å²) in [6, 6.07) is 11.6. The molecule has 0 unspecified atom stereocenters. The zero-order chi connectivity index (χ0) is 18.1. The Morgan fingerprint density at radius 1 is 1.08 bits per heavy atom. The third-order valence-electron chi connectivity index (χ3n) is 3.90. The van der Waals surface area contributed by atoms with Crippen molar-refractivity contribution in [2.45, 2.75) is 6.92 Å². The first kappa shape index (κ1) is 16.7. The SMILES string of the molecule is COc1ccc(-c2ccncc2)c2sc(NC(=O)c3ccc(C)s3)nc12. The molecule has 26 heavy (non-hydrogen) atoms. The number of aryl methyl sites for hydroxylation is 1.